The van der Waals surface area contributed by atoms with Gasteiger partial charge in [0.05, 0.1) is 5.92 Å². The number of ether oxygens (including phenoxy) is 1. The molecule has 0 unspecified atom stereocenters. The van der Waals surface area contributed by atoms with E-state index in [1.54, 1.807) is 0 Å². The molecular formula is C10H20ClNO3. The summed E-state index contributed by atoms with van der Waals surface area (Å²) < 4.78 is 5.16. The first kappa shape index (κ1) is 14.7. The monoisotopic (exact) mass is 237 g/mol. The van der Waals surface area contributed by atoms with Crippen LogP contribution in [0.1, 0.15) is 32.6 Å². The van der Waals surface area contributed by atoms with Crippen molar-refractivity contribution in [3.8, 4) is 0 Å². The third kappa shape index (κ3) is 5.97. The van der Waals surface area contributed by atoms with Gasteiger partial charge in [-0.15, -0.1) is 12.4 Å². The van der Waals surface area contributed by atoms with Crippen LogP contribution >= 0.6 is 12.4 Å². The molecule has 1 aliphatic heterocycles. The highest BCUT2D eigenvalue weighted by Gasteiger charge is 2.22. The Balaban J connectivity index is 0.00000196. The molecule has 0 aromatic rings. The van der Waals surface area contributed by atoms with Crippen molar-refractivity contribution in [1.82, 2.24) is 5.48 Å². The number of hydrogen-bond donors (Lipinski definition) is 1. The molecule has 0 atom stereocenters. The number of nitrogens with one attached hydrogen (secondary N) is 1. The quantitative estimate of drug-likeness (QED) is 0.584. The van der Waals surface area contributed by atoms with Crippen LogP contribution in [0.2, 0.25) is 0 Å². The van der Waals surface area contributed by atoms with Crippen LogP contribution in [0.4, 0.5) is 0 Å². The van der Waals surface area contributed by atoms with Crippen LogP contribution in [0.5, 0.6) is 0 Å². The van der Waals surface area contributed by atoms with E-state index in [1.165, 1.54) is 0 Å². The summed E-state index contributed by atoms with van der Waals surface area (Å²) in [5.41, 5.74) is 2.69. The van der Waals surface area contributed by atoms with Crippen LogP contribution in [-0.4, -0.2) is 25.7 Å². The van der Waals surface area contributed by atoms with Crippen molar-refractivity contribution in [1.29, 1.82) is 0 Å². The standard InChI is InChI=1S/C10H19NO3.ClH/c1-2-3-6-11-14-10(12)9-4-7-13-8-5-9;/h9,11H,2-8H2,1H3;1H. The minimum atomic E-state index is -0.135. The lowest BCUT2D eigenvalue weighted by Gasteiger charge is -2.20. The van der Waals surface area contributed by atoms with Crippen LogP contribution in [0, 0.1) is 5.92 Å². The molecule has 4 nitrogen and oxygen atoms in total. The van der Waals surface area contributed by atoms with Gasteiger partial charge in [-0.3, -0.25) is 4.79 Å². The minimum Gasteiger partial charge on any atom is -0.381 e. The summed E-state index contributed by atoms with van der Waals surface area (Å²) in [6.07, 6.45) is 3.70. The molecule has 0 bridgehead atoms. The van der Waals surface area contributed by atoms with Crippen molar-refractivity contribution in [2.75, 3.05) is 19.8 Å². The number of rotatable bonds is 5. The van der Waals surface area contributed by atoms with Gasteiger partial charge in [0, 0.05) is 19.8 Å². The average Bonchev–Trinajstić information content (AvgIpc) is 2.25. The summed E-state index contributed by atoms with van der Waals surface area (Å²) in [5, 5.41) is 0. The van der Waals surface area contributed by atoms with E-state index >= 15 is 0 Å². The SMILES string of the molecule is CCCCNOC(=O)C1CCOCC1.Cl. The molecule has 0 saturated carbocycles. The highest BCUT2D eigenvalue weighted by molar-refractivity contribution is 5.85. The molecule has 0 aliphatic carbocycles. The summed E-state index contributed by atoms with van der Waals surface area (Å²) >= 11 is 0. The van der Waals surface area contributed by atoms with Crippen molar-refractivity contribution >= 4 is 18.4 Å². The zero-order valence-corrected chi connectivity index (χ0v) is 9.98. The second kappa shape index (κ2) is 8.95. The number of hydroxylamine groups is 1. The highest BCUT2D eigenvalue weighted by atomic mass is 35.5. The maximum absolute atomic E-state index is 11.4. The summed E-state index contributed by atoms with van der Waals surface area (Å²) in [6.45, 7) is 4.19. The molecule has 1 N–H and O–H groups in total. The van der Waals surface area contributed by atoms with E-state index in [2.05, 4.69) is 12.4 Å². The maximum atomic E-state index is 11.4. The summed E-state index contributed by atoms with van der Waals surface area (Å²) in [5.74, 6) is -0.109. The minimum absolute atomic E-state index is 0. The van der Waals surface area contributed by atoms with Crippen molar-refractivity contribution in [3.63, 3.8) is 0 Å². The summed E-state index contributed by atoms with van der Waals surface area (Å²) in [4.78, 5) is 16.4. The molecule has 1 rings (SSSR count). The highest BCUT2D eigenvalue weighted by Crippen LogP contribution is 2.15. The molecular weight excluding hydrogens is 218 g/mol. The Morgan fingerprint density at radius 2 is 2.13 bits per heavy atom. The lowest BCUT2D eigenvalue weighted by Crippen LogP contribution is -2.30. The Kier molecular flexibility index (Phi) is 8.76. The van der Waals surface area contributed by atoms with Gasteiger partial charge in [-0.25, -0.2) is 0 Å². The van der Waals surface area contributed by atoms with E-state index in [4.69, 9.17) is 9.57 Å². The third-order valence-corrected chi connectivity index (χ3v) is 2.36. The van der Waals surface area contributed by atoms with Gasteiger partial charge in [0.1, 0.15) is 0 Å². The first-order valence-corrected chi connectivity index (χ1v) is 5.36. The molecule has 0 spiro atoms. The van der Waals surface area contributed by atoms with Gasteiger partial charge >= 0.3 is 5.97 Å². The molecule has 0 aromatic carbocycles. The van der Waals surface area contributed by atoms with Crippen LogP contribution < -0.4 is 5.48 Å². The molecule has 90 valence electrons. The lowest BCUT2D eigenvalue weighted by molar-refractivity contribution is -0.159. The number of halogens is 1. The zero-order valence-electron chi connectivity index (χ0n) is 9.16. The Bertz CT molecular complexity index is 172. The van der Waals surface area contributed by atoms with Crippen molar-refractivity contribution in [2.24, 2.45) is 5.92 Å². The smallest absolute Gasteiger partial charge is 0.327 e. The van der Waals surface area contributed by atoms with Gasteiger partial charge in [0.15, 0.2) is 0 Å². The molecule has 1 heterocycles. The summed E-state index contributed by atoms with van der Waals surface area (Å²) in [7, 11) is 0. The van der Waals surface area contributed by atoms with Gasteiger partial charge in [0.25, 0.3) is 0 Å². The van der Waals surface area contributed by atoms with Crippen LogP contribution in [-0.2, 0) is 14.4 Å². The van der Waals surface area contributed by atoms with E-state index in [1.807, 2.05) is 0 Å². The Morgan fingerprint density at radius 1 is 1.47 bits per heavy atom. The number of carbonyl (C=O) groups is 1. The predicted molar refractivity (Wildman–Crippen MR) is 59.8 cm³/mol. The van der Waals surface area contributed by atoms with E-state index in [9.17, 15) is 4.79 Å². The van der Waals surface area contributed by atoms with Gasteiger partial charge in [-0.2, -0.15) is 5.48 Å². The van der Waals surface area contributed by atoms with E-state index < -0.39 is 0 Å². The van der Waals surface area contributed by atoms with E-state index in [-0.39, 0.29) is 24.3 Å². The maximum Gasteiger partial charge on any atom is 0.327 e. The van der Waals surface area contributed by atoms with Gasteiger partial charge in [-0.05, 0) is 19.3 Å². The fraction of sp³-hybridized carbons (Fsp3) is 0.900. The van der Waals surface area contributed by atoms with Crippen LogP contribution in [0.25, 0.3) is 0 Å². The number of unbranched alkanes of at least 4 members (excludes halogenated alkanes) is 1. The van der Waals surface area contributed by atoms with Gasteiger partial charge in [-0.1, -0.05) is 13.3 Å². The van der Waals surface area contributed by atoms with Crippen molar-refractivity contribution in [3.05, 3.63) is 0 Å². The largest absolute Gasteiger partial charge is 0.381 e. The van der Waals surface area contributed by atoms with Crippen LogP contribution in [0.15, 0.2) is 0 Å². The van der Waals surface area contributed by atoms with E-state index in [0.29, 0.717) is 13.2 Å². The molecule has 0 amide bonds. The predicted octanol–water partition coefficient (Wildman–Crippen LogP) is 1.68. The first-order chi connectivity index (χ1) is 6.84. The lowest BCUT2D eigenvalue weighted by atomic mass is 10.0. The molecule has 0 radical (unpaired) electrons. The fourth-order valence-electron chi connectivity index (χ4n) is 1.39. The average molecular weight is 238 g/mol. The van der Waals surface area contributed by atoms with Crippen molar-refractivity contribution in [2.45, 2.75) is 32.6 Å². The number of hydrogen-bond acceptors (Lipinski definition) is 4. The zero-order chi connectivity index (χ0) is 10.2. The first-order valence-electron chi connectivity index (χ1n) is 5.36. The molecule has 1 aliphatic rings. The summed E-state index contributed by atoms with van der Waals surface area (Å²) in [6, 6.07) is 0. The molecule has 15 heavy (non-hydrogen) atoms. The van der Waals surface area contributed by atoms with Crippen molar-refractivity contribution < 1.29 is 14.4 Å². The third-order valence-electron chi connectivity index (χ3n) is 2.36. The molecule has 0 aromatic heterocycles. The Morgan fingerprint density at radius 3 is 2.73 bits per heavy atom. The van der Waals surface area contributed by atoms with E-state index in [0.717, 1.165) is 32.2 Å². The van der Waals surface area contributed by atoms with Gasteiger partial charge in [0.2, 0.25) is 0 Å². The topological polar surface area (TPSA) is 47.6 Å². The Hall–Kier alpha value is -0.320. The van der Waals surface area contributed by atoms with Gasteiger partial charge < -0.3 is 9.57 Å². The second-order valence-electron chi connectivity index (χ2n) is 3.56. The number of carbonyl (C=O) groups excluding carboxylic acids is 1. The normalized spacial score (nSPS) is 16.9. The molecule has 5 heteroatoms. The second-order valence-corrected chi connectivity index (χ2v) is 3.56. The molecule has 1 saturated heterocycles. The fourth-order valence-corrected chi connectivity index (χ4v) is 1.39. The molecule has 1 fully saturated rings. The van der Waals surface area contributed by atoms with Crippen LogP contribution in [0.3, 0.4) is 0 Å². The Labute approximate surface area is 97.1 Å².